The van der Waals surface area contributed by atoms with Crippen LogP contribution in [0.5, 0.6) is 0 Å². The minimum Gasteiger partial charge on any atom is -0.353 e. The third kappa shape index (κ3) is 3.32. The van der Waals surface area contributed by atoms with E-state index in [1.165, 1.54) is 11.3 Å². The summed E-state index contributed by atoms with van der Waals surface area (Å²) in [5.74, 6) is 0.798. The Hall–Kier alpha value is -2.46. The molecule has 6 nitrogen and oxygen atoms in total. The summed E-state index contributed by atoms with van der Waals surface area (Å²) in [5.41, 5.74) is 1.35. The van der Waals surface area contributed by atoms with Gasteiger partial charge in [0.05, 0.1) is 11.3 Å². The van der Waals surface area contributed by atoms with Crippen molar-refractivity contribution in [2.45, 2.75) is 13.3 Å². The van der Waals surface area contributed by atoms with Crippen LogP contribution in [0.3, 0.4) is 0 Å². The largest absolute Gasteiger partial charge is 0.353 e. The number of carbonyl (C=O) groups excluding carboxylic acids is 1. The zero-order valence-corrected chi connectivity index (χ0v) is 13.7. The standard InChI is InChI=1S/C16H17N5OS/c1-12-3-4-14(19-18-12)20-6-2-7-21(9-8-20)16(22)15-13(11-17)5-10-23-15/h3-5,10H,2,6-9H2,1H3. The summed E-state index contributed by atoms with van der Waals surface area (Å²) in [7, 11) is 0. The lowest BCUT2D eigenvalue weighted by atomic mass is 10.2. The lowest BCUT2D eigenvalue weighted by Gasteiger charge is -2.22. The highest BCUT2D eigenvalue weighted by atomic mass is 32.1. The van der Waals surface area contributed by atoms with E-state index in [4.69, 9.17) is 5.26 Å². The van der Waals surface area contributed by atoms with Crippen molar-refractivity contribution in [3.05, 3.63) is 39.7 Å². The third-order valence-corrected chi connectivity index (χ3v) is 4.77. The molecule has 2 aromatic heterocycles. The van der Waals surface area contributed by atoms with E-state index in [0.717, 1.165) is 31.0 Å². The van der Waals surface area contributed by atoms with Gasteiger partial charge >= 0.3 is 0 Å². The van der Waals surface area contributed by atoms with Crippen LogP contribution in [0, 0.1) is 18.3 Å². The van der Waals surface area contributed by atoms with Gasteiger partial charge in [0.25, 0.3) is 5.91 Å². The first-order valence-corrected chi connectivity index (χ1v) is 8.39. The normalized spacial score (nSPS) is 15.1. The van der Waals surface area contributed by atoms with Crippen LogP contribution >= 0.6 is 11.3 Å². The Kier molecular flexibility index (Phi) is 4.53. The second-order valence-corrected chi connectivity index (χ2v) is 6.36. The van der Waals surface area contributed by atoms with Gasteiger partial charge in [-0.3, -0.25) is 4.79 Å². The first kappa shape index (κ1) is 15.4. The van der Waals surface area contributed by atoms with Crippen molar-refractivity contribution in [2.24, 2.45) is 0 Å². The zero-order chi connectivity index (χ0) is 16.2. The van der Waals surface area contributed by atoms with Crippen LogP contribution in [0.2, 0.25) is 0 Å². The Balaban J connectivity index is 1.70. The molecule has 0 bridgehead atoms. The summed E-state index contributed by atoms with van der Waals surface area (Å²) in [6, 6.07) is 7.69. The third-order valence-electron chi connectivity index (χ3n) is 3.87. The molecule has 0 aliphatic carbocycles. The molecule has 0 N–H and O–H groups in total. The van der Waals surface area contributed by atoms with Crippen molar-refractivity contribution in [1.82, 2.24) is 15.1 Å². The molecule has 118 valence electrons. The van der Waals surface area contributed by atoms with Crippen LogP contribution in [0.25, 0.3) is 0 Å². The van der Waals surface area contributed by atoms with Crippen molar-refractivity contribution in [3.63, 3.8) is 0 Å². The van der Waals surface area contributed by atoms with Crippen LogP contribution in [-0.2, 0) is 0 Å². The molecule has 1 saturated heterocycles. The number of rotatable bonds is 2. The minimum atomic E-state index is -0.0478. The van der Waals surface area contributed by atoms with Crippen LogP contribution in [0.4, 0.5) is 5.82 Å². The molecule has 0 atom stereocenters. The number of thiophene rings is 1. The second kappa shape index (κ2) is 6.75. The molecule has 0 saturated carbocycles. The molecule has 23 heavy (non-hydrogen) atoms. The molecule has 0 spiro atoms. The number of nitriles is 1. The highest BCUT2D eigenvalue weighted by Gasteiger charge is 2.23. The van der Waals surface area contributed by atoms with Crippen molar-refractivity contribution < 1.29 is 4.79 Å². The number of aromatic nitrogens is 2. The highest BCUT2D eigenvalue weighted by Crippen LogP contribution is 2.20. The van der Waals surface area contributed by atoms with E-state index in [-0.39, 0.29) is 5.91 Å². The number of amides is 1. The van der Waals surface area contributed by atoms with Gasteiger partial charge in [-0.15, -0.1) is 16.4 Å². The average molecular weight is 327 g/mol. The highest BCUT2D eigenvalue weighted by molar-refractivity contribution is 7.12. The fourth-order valence-electron chi connectivity index (χ4n) is 2.62. The average Bonchev–Trinajstić information content (AvgIpc) is 2.91. The number of anilines is 1. The van der Waals surface area contributed by atoms with E-state index in [1.807, 2.05) is 24.0 Å². The van der Waals surface area contributed by atoms with Crippen LogP contribution in [0.15, 0.2) is 23.6 Å². The molecule has 0 aromatic carbocycles. The maximum atomic E-state index is 12.6. The smallest absolute Gasteiger partial charge is 0.265 e. The van der Waals surface area contributed by atoms with E-state index >= 15 is 0 Å². The van der Waals surface area contributed by atoms with Crippen LogP contribution in [-0.4, -0.2) is 47.2 Å². The molecule has 0 radical (unpaired) electrons. The monoisotopic (exact) mass is 327 g/mol. The van der Waals surface area contributed by atoms with Gasteiger partial charge in [0.1, 0.15) is 10.9 Å². The van der Waals surface area contributed by atoms with Crippen molar-refractivity contribution in [2.75, 3.05) is 31.1 Å². The SMILES string of the molecule is Cc1ccc(N2CCCN(C(=O)c3sccc3C#N)CC2)nn1. The van der Waals surface area contributed by atoms with Gasteiger partial charge in [0.2, 0.25) is 0 Å². The maximum absolute atomic E-state index is 12.6. The second-order valence-electron chi connectivity index (χ2n) is 5.44. The van der Waals surface area contributed by atoms with Gasteiger partial charge < -0.3 is 9.80 Å². The fourth-order valence-corrected chi connectivity index (χ4v) is 3.43. The summed E-state index contributed by atoms with van der Waals surface area (Å²) in [4.78, 5) is 17.1. The van der Waals surface area contributed by atoms with Crippen molar-refractivity contribution >= 4 is 23.1 Å². The molecule has 1 aliphatic heterocycles. The number of hydrogen-bond acceptors (Lipinski definition) is 6. The summed E-state index contributed by atoms with van der Waals surface area (Å²) in [5, 5.41) is 19.2. The summed E-state index contributed by atoms with van der Waals surface area (Å²) < 4.78 is 0. The molecule has 0 unspecified atom stereocenters. The van der Waals surface area contributed by atoms with E-state index < -0.39 is 0 Å². The Morgan fingerprint density at radius 1 is 1.22 bits per heavy atom. The summed E-state index contributed by atoms with van der Waals surface area (Å²) in [6.07, 6.45) is 0.870. The molecule has 1 aliphatic rings. The number of hydrogen-bond donors (Lipinski definition) is 0. The molecule has 3 heterocycles. The molecule has 2 aromatic rings. The van der Waals surface area contributed by atoms with Crippen LogP contribution < -0.4 is 4.90 Å². The quantitative estimate of drug-likeness (QED) is 0.844. The molecule has 7 heteroatoms. The van der Waals surface area contributed by atoms with E-state index in [1.54, 1.807) is 11.4 Å². The molecule has 3 rings (SSSR count). The Morgan fingerprint density at radius 3 is 2.83 bits per heavy atom. The lowest BCUT2D eigenvalue weighted by molar-refractivity contribution is 0.0771. The van der Waals surface area contributed by atoms with Gasteiger partial charge in [-0.1, -0.05) is 0 Å². The lowest BCUT2D eigenvalue weighted by Crippen LogP contribution is -2.35. The van der Waals surface area contributed by atoms with Crippen LogP contribution in [0.1, 0.15) is 27.3 Å². The summed E-state index contributed by atoms with van der Waals surface area (Å²) >= 11 is 1.33. The minimum absolute atomic E-state index is 0.0478. The molecular formula is C16H17N5OS. The predicted molar refractivity (Wildman–Crippen MR) is 88.5 cm³/mol. The van der Waals surface area contributed by atoms with E-state index in [9.17, 15) is 4.79 Å². The fraction of sp³-hybridized carbons (Fsp3) is 0.375. The number of carbonyl (C=O) groups is 1. The van der Waals surface area contributed by atoms with E-state index in [0.29, 0.717) is 23.5 Å². The van der Waals surface area contributed by atoms with Gasteiger partial charge in [-0.2, -0.15) is 10.4 Å². The number of nitrogens with zero attached hydrogens (tertiary/aromatic N) is 5. The van der Waals surface area contributed by atoms with Crippen molar-refractivity contribution in [1.29, 1.82) is 5.26 Å². The molecule has 1 amide bonds. The first-order valence-electron chi connectivity index (χ1n) is 7.51. The van der Waals surface area contributed by atoms with Gasteiger partial charge in [-0.05, 0) is 36.9 Å². The Labute approximate surface area is 139 Å². The topological polar surface area (TPSA) is 73.1 Å². The zero-order valence-electron chi connectivity index (χ0n) is 12.9. The van der Waals surface area contributed by atoms with Gasteiger partial charge in [0.15, 0.2) is 5.82 Å². The molecular weight excluding hydrogens is 310 g/mol. The predicted octanol–water partition coefficient (Wildman–Crippen LogP) is 2.07. The maximum Gasteiger partial charge on any atom is 0.265 e. The Morgan fingerprint density at radius 2 is 2.09 bits per heavy atom. The number of aryl methyl sites for hydroxylation is 1. The van der Waals surface area contributed by atoms with Crippen molar-refractivity contribution in [3.8, 4) is 6.07 Å². The summed E-state index contributed by atoms with van der Waals surface area (Å²) in [6.45, 7) is 4.79. The molecule has 1 fully saturated rings. The van der Waals surface area contributed by atoms with E-state index in [2.05, 4.69) is 21.2 Å². The first-order chi connectivity index (χ1) is 11.2. The van der Waals surface area contributed by atoms with Gasteiger partial charge in [-0.25, -0.2) is 0 Å². The Bertz CT molecular complexity index is 734. The van der Waals surface area contributed by atoms with Gasteiger partial charge in [0, 0.05) is 26.2 Å².